The Bertz CT molecular complexity index is 484. The van der Waals surface area contributed by atoms with Crippen molar-refractivity contribution < 1.29 is 17.2 Å². The number of sulfonamides is 1. The monoisotopic (exact) mass is 378 g/mol. The van der Waals surface area contributed by atoms with Gasteiger partial charge in [-0.05, 0) is 28.1 Å². The lowest BCUT2D eigenvalue weighted by Gasteiger charge is -2.11. The molecule has 0 aromatic heterocycles. The minimum Gasteiger partial charge on any atom is -0.397 e. The van der Waals surface area contributed by atoms with Gasteiger partial charge in [0, 0.05) is 8.95 Å². The fourth-order valence-corrected chi connectivity index (χ4v) is 2.98. The summed E-state index contributed by atoms with van der Waals surface area (Å²) in [6, 6.07) is 2.88. The van der Waals surface area contributed by atoms with Gasteiger partial charge in [0.05, 0.1) is 11.4 Å². The molecule has 1 aromatic carbocycles. The molecule has 90 valence electrons. The van der Waals surface area contributed by atoms with Gasteiger partial charge in [0.15, 0.2) is 0 Å². The zero-order valence-electron chi connectivity index (χ0n) is 7.55. The van der Waals surface area contributed by atoms with Crippen LogP contribution in [-0.2, 0) is 10.0 Å². The molecule has 0 heterocycles. The summed E-state index contributed by atoms with van der Waals surface area (Å²) < 4.78 is 48.7. The molecule has 0 aliphatic carbocycles. The summed E-state index contributed by atoms with van der Waals surface area (Å²) in [5.41, 5.74) is 5.42. The first-order chi connectivity index (χ1) is 7.24. The Morgan fingerprint density at radius 1 is 1.31 bits per heavy atom. The Balaban J connectivity index is 3.17. The van der Waals surface area contributed by atoms with Gasteiger partial charge in [-0.1, -0.05) is 15.9 Å². The predicted molar refractivity (Wildman–Crippen MR) is 64.8 cm³/mol. The molecule has 0 unspecified atom stereocenters. The number of nitrogens with two attached hydrogens (primary N) is 1. The van der Waals surface area contributed by atoms with Crippen LogP contribution in [0, 0.1) is 0 Å². The quantitative estimate of drug-likeness (QED) is 0.793. The van der Waals surface area contributed by atoms with Gasteiger partial charge in [-0.25, -0.2) is 8.42 Å². The van der Waals surface area contributed by atoms with E-state index < -0.39 is 15.8 Å². The van der Waals surface area contributed by atoms with E-state index in [4.69, 9.17) is 5.73 Å². The normalized spacial score (nSPS) is 11.8. The molecule has 0 radical (unpaired) electrons. The van der Waals surface area contributed by atoms with Gasteiger partial charge in [-0.15, -0.1) is 0 Å². The van der Waals surface area contributed by atoms with Crippen LogP contribution >= 0.6 is 31.9 Å². The van der Waals surface area contributed by atoms with Gasteiger partial charge in [0.25, 0.3) is 10.0 Å². The van der Waals surface area contributed by atoms with Crippen LogP contribution in [0.3, 0.4) is 0 Å². The lowest BCUT2D eigenvalue weighted by molar-refractivity contribution is 0.236. The van der Waals surface area contributed by atoms with Gasteiger partial charge in [-0.3, -0.25) is 4.72 Å². The summed E-state index contributed by atoms with van der Waals surface area (Å²) in [5.74, 6) is -3.51. The van der Waals surface area contributed by atoms with E-state index in [2.05, 4.69) is 31.9 Å². The third kappa shape index (κ3) is 3.05. The fourth-order valence-electron chi connectivity index (χ4n) is 0.888. The van der Waals surface area contributed by atoms with E-state index in [-0.39, 0.29) is 15.8 Å². The summed E-state index contributed by atoms with van der Waals surface area (Å²) in [6.07, 6.45) is 0. The Hall–Kier alpha value is -0.410. The van der Waals surface area contributed by atoms with E-state index in [0.29, 0.717) is 4.47 Å². The van der Waals surface area contributed by atoms with E-state index >= 15 is 0 Å². The third-order valence-corrected chi connectivity index (χ3v) is 3.61. The summed E-state index contributed by atoms with van der Waals surface area (Å²) in [5, 5.41) is 0. The first-order valence-electron chi connectivity index (χ1n) is 3.78. The summed E-state index contributed by atoms with van der Waals surface area (Å²) in [7, 11) is -4.72. The summed E-state index contributed by atoms with van der Waals surface area (Å²) in [6.45, 7) is 0. The van der Waals surface area contributed by atoms with E-state index in [9.17, 15) is 17.2 Å². The Morgan fingerprint density at radius 3 is 2.31 bits per heavy atom. The van der Waals surface area contributed by atoms with Crippen LogP contribution in [0.4, 0.5) is 20.2 Å². The number of hydrogen-bond acceptors (Lipinski definition) is 3. The number of alkyl halides is 2. The highest BCUT2D eigenvalue weighted by Crippen LogP contribution is 2.33. The average Bonchev–Trinajstić information content (AvgIpc) is 2.11. The molecule has 0 saturated heterocycles. The number of benzene rings is 1. The molecule has 0 atom stereocenters. The predicted octanol–water partition coefficient (Wildman–Crippen LogP) is 2.76. The number of nitrogens with one attached hydrogen (secondary N) is 1. The topological polar surface area (TPSA) is 72.2 Å². The highest BCUT2D eigenvalue weighted by Gasteiger charge is 2.25. The van der Waals surface area contributed by atoms with E-state index in [1.165, 1.54) is 12.1 Å². The molecular formula is C7H6Br2F2N2O2S. The van der Waals surface area contributed by atoms with Gasteiger partial charge in [0.2, 0.25) is 0 Å². The van der Waals surface area contributed by atoms with E-state index in [0.717, 1.165) is 0 Å². The van der Waals surface area contributed by atoms with Crippen molar-refractivity contribution in [2.24, 2.45) is 0 Å². The molecule has 0 bridgehead atoms. The van der Waals surface area contributed by atoms with Crippen molar-refractivity contribution in [3.8, 4) is 0 Å². The number of hydrogen-bond donors (Lipinski definition) is 2. The smallest absolute Gasteiger partial charge is 0.355 e. The number of nitrogen functional groups attached to an aromatic ring is 1. The molecule has 0 amide bonds. The van der Waals surface area contributed by atoms with Crippen LogP contribution in [0.25, 0.3) is 0 Å². The highest BCUT2D eigenvalue weighted by molar-refractivity contribution is 9.11. The largest absolute Gasteiger partial charge is 0.397 e. The van der Waals surface area contributed by atoms with Crippen molar-refractivity contribution in [3.05, 3.63) is 21.1 Å². The molecule has 0 fully saturated rings. The van der Waals surface area contributed by atoms with Crippen LogP contribution < -0.4 is 10.5 Å². The molecular weight excluding hydrogens is 374 g/mol. The van der Waals surface area contributed by atoms with Crippen molar-refractivity contribution >= 4 is 53.3 Å². The fraction of sp³-hybridized carbons (Fsp3) is 0.143. The molecule has 16 heavy (non-hydrogen) atoms. The average molecular weight is 380 g/mol. The Morgan fingerprint density at radius 2 is 1.88 bits per heavy atom. The van der Waals surface area contributed by atoms with Crippen LogP contribution in [0.5, 0.6) is 0 Å². The highest BCUT2D eigenvalue weighted by atomic mass is 79.9. The van der Waals surface area contributed by atoms with Crippen LogP contribution in [0.1, 0.15) is 0 Å². The molecule has 1 aromatic rings. The Labute approximate surface area is 108 Å². The summed E-state index contributed by atoms with van der Waals surface area (Å²) >= 11 is 6.14. The molecule has 0 saturated carbocycles. The molecule has 1 rings (SSSR count). The van der Waals surface area contributed by atoms with Gasteiger partial charge < -0.3 is 5.73 Å². The molecule has 9 heteroatoms. The maximum absolute atomic E-state index is 12.1. The summed E-state index contributed by atoms with van der Waals surface area (Å²) in [4.78, 5) is 0. The Kier molecular flexibility index (Phi) is 4.13. The standard InChI is InChI=1S/C7H6Br2F2N2O2S/c8-3-1-4(9)6(5(12)2-3)13-16(14,15)7(10)11/h1-2,7,13H,12H2. The zero-order valence-corrected chi connectivity index (χ0v) is 11.5. The van der Waals surface area contributed by atoms with Crippen LogP contribution in [-0.4, -0.2) is 14.2 Å². The second kappa shape index (κ2) is 4.84. The van der Waals surface area contributed by atoms with Gasteiger partial charge >= 0.3 is 5.76 Å². The maximum atomic E-state index is 12.1. The van der Waals surface area contributed by atoms with Gasteiger partial charge in [-0.2, -0.15) is 8.78 Å². The maximum Gasteiger partial charge on any atom is 0.355 e. The van der Waals surface area contributed by atoms with E-state index in [1.54, 1.807) is 4.72 Å². The van der Waals surface area contributed by atoms with Crippen molar-refractivity contribution in [1.29, 1.82) is 0 Å². The number of rotatable bonds is 3. The van der Waals surface area contributed by atoms with Crippen molar-refractivity contribution in [3.63, 3.8) is 0 Å². The van der Waals surface area contributed by atoms with Crippen molar-refractivity contribution in [1.82, 2.24) is 0 Å². The third-order valence-electron chi connectivity index (χ3n) is 1.56. The molecule has 0 spiro atoms. The van der Waals surface area contributed by atoms with Crippen molar-refractivity contribution in [2.45, 2.75) is 5.76 Å². The van der Waals surface area contributed by atoms with E-state index in [1.807, 2.05) is 0 Å². The molecule has 0 aliphatic rings. The second-order valence-electron chi connectivity index (χ2n) is 2.76. The van der Waals surface area contributed by atoms with Gasteiger partial charge in [0.1, 0.15) is 0 Å². The number of halogens is 4. The molecule has 3 N–H and O–H groups in total. The second-order valence-corrected chi connectivity index (χ2v) is 6.18. The minimum atomic E-state index is -4.72. The first kappa shape index (κ1) is 13.7. The van der Waals surface area contributed by atoms with Crippen LogP contribution in [0.15, 0.2) is 21.1 Å². The zero-order chi connectivity index (χ0) is 12.5. The lowest BCUT2D eigenvalue weighted by atomic mass is 10.3. The SMILES string of the molecule is Nc1cc(Br)cc(Br)c1NS(=O)(=O)C(F)F. The minimum absolute atomic E-state index is 0.0328. The number of anilines is 2. The first-order valence-corrected chi connectivity index (χ1v) is 6.91. The molecule has 4 nitrogen and oxygen atoms in total. The molecule has 0 aliphatic heterocycles. The van der Waals surface area contributed by atoms with Crippen molar-refractivity contribution in [2.75, 3.05) is 10.5 Å². The van der Waals surface area contributed by atoms with Crippen LogP contribution in [0.2, 0.25) is 0 Å². The lowest BCUT2D eigenvalue weighted by Crippen LogP contribution is -2.21.